The zero-order valence-electron chi connectivity index (χ0n) is 11.8. The minimum Gasteiger partial charge on any atom is -0.379 e. The highest BCUT2D eigenvalue weighted by Crippen LogP contribution is 2.24. The summed E-state index contributed by atoms with van der Waals surface area (Å²) in [6.45, 7) is 5.53. The van der Waals surface area contributed by atoms with Crippen LogP contribution in [0.4, 0.5) is 0 Å². The molecule has 0 aromatic carbocycles. The third kappa shape index (κ3) is 2.64. The minimum absolute atomic E-state index is 0.0160. The van der Waals surface area contributed by atoms with E-state index < -0.39 is 0 Å². The van der Waals surface area contributed by atoms with Crippen molar-refractivity contribution in [1.82, 2.24) is 15.1 Å². The van der Waals surface area contributed by atoms with Crippen LogP contribution in [-0.4, -0.2) is 74.2 Å². The second-order valence-electron chi connectivity index (χ2n) is 6.01. The van der Waals surface area contributed by atoms with E-state index >= 15 is 0 Å². The molecule has 0 radical (unpaired) electrons. The van der Waals surface area contributed by atoms with Crippen molar-refractivity contribution in [3.63, 3.8) is 0 Å². The van der Waals surface area contributed by atoms with Crippen LogP contribution in [0.15, 0.2) is 0 Å². The summed E-state index contributed by atoms with van der Waals surface area (Å²) < 4.78 is 5.45. The van der Waals surface area contributed by atoms with E-state index in [0.717, 1.165) is 19.5 Å². The fourth-order valence-corrected chi connectivity index (χ4v) is 3.66. The molecule has 5 nitrogen and oxygen atoms in total. The number of amides is 1. The van der Waals surface area contributed by atoms with Crippen LogP contribution in [0.25, 0.3) is 0 Å². The number of hydrogen-bond donors (Lipinski definition) is 1. The first-order valence-electron chi connectivity index (χ1n) is 7.57. The summed E-state index contributed by atoms with van der Waals surface area (Å²) in [6.07, 6.45) is 3.79. The molecule has 0 spiro atoms. The number of carbonyl (C=O) groups is 1. The number of likely N-dealkylation sites (tertiary alicyclic amines) is 2. The number of rotatable bonds is 3. The van der Waals surface area contributed by atoms with Crippen LogP contribution in [0, 0.1) is 5.92 Å². The topological polar surface area (TPSA) is 44.8 Å². The Morgan fingerprint density at radius 3 is 2.74 bits per heavy atom. The molecule has 3 saturated heterocycles. The zero-order chi connectivity index (χ0) is 13.2. The van der Waals surface area contributed by atoms with Gasteiger partial charge in [0.05, 0.1) is 19.1 Å². The first-order valence-corrected chi connectivity index (χ1v) is 7.57. The number of hydrogen-bond acceptors (Lipinski definition) is 4. The highest BCUT2D eigenvalue weighted by Gasteiger charge is 2.39. The van der Waals surface area contributed by atoms with Gasteiger partial charge in [-0.15, -0.1) is 0 Å². The van der Waals surface area contributed by atoms with Gasteiger partial charge in [-0.2, -0.15) is 0 Å². The van der Waals surface area contributed by atoms with Gasteiger partial charge in [-0.1, -0.05) is 0 Å². The van der Waals surface area contributed by atoms with Gasteiger partial charge in [0.15, 0.2) is 0 Å². The molecule has 19 heavy (non-hydrogen) atoms. The van der Waals surface area contributed by atoms with Gasteiger partial charge in [0.25, 0.3) is 0 Å². The first-order chi connectivity index (χ1) is 9.29. The summed E-state index contributed by atoms with van der Waals surface area (Å²) in [5.41, 5.74) is 0. The number of nitrogens with zero attached hydrogens (tertiary/aromatic N) is 2. The molecule has 3 rings (SSSR count). The Bertz CT molecular complexity index is 331. The number of likely N-dealkylation sites (N-methyl/N-ethyl adjacent to an activating group) is 1. The summed E-state index contributed by atoms with van der Waals surface area (Å²) in [4.78, 5) is 17.2. The van der Waals surface area contributed by atoms with E-state index in [4.69, 9.17) is 4.74 Å². The fraction of sp³-hybridized carbons (Fsp3) is 0.929. The number of carbonyl (C=O) groups excluding carboxylic acids is 1. The molecule has 3 unspecified atom stereocenters. The summed E-state index contributed by atoms with van der Waals surface area (Å²) in [6, 6.07) is 0.792. The van der Waals surface area contributed by atoms with E-state index in [9.17, 15) is 4.79 Å². The van der Waals surface area contributed by atoms with E-state index in [1.54, 1.807) is 0 Å². The lowest BCUT2D eigenvalue weighted by molar-refractivity contribution is -0.135. The van der Waals surface area contributed by atoms with Crippen LogP contribution in [0.2, 0.25) is 0 Å². The predicted octanol–water partition coefficient (Wildman–Crippen LogP) is -0.0825. The smallest absolute Gasteiger partial charge is 0.229 e. The Morgan fingerprint density at radius 1 is 1.21 bits per heavy atom. The van der Waals surface area contributed by atoms with Gasteiger partial charge in [0, 0.05) is 25.2 Å². The monoisotopic (exact) mass is 267 g/mol. The van der Waals surface area contributed by atoms with Gasteiger partial charge >= 0.3 is 0 Å². The van der Waals surface area contributed by atoms with E-state index in [0.29, 0.717) is 25.2 Å². The van der Waals surface area contributed by atoms with Crippen LogP contribution >= 0.6 is 0 Å². The lowest BCUT2D eigenvalue weighted by Crippen LogP contribution is -2.45. The maximum absolute atomic E-state index is 12.6. The maximum atomic E-state index is 12.6. The van der Waals surface area contributed by atoms with E-state index in [1.807, 2.05) is 7.05 Å². The molecular weight excluding hydrogens is 242 g/mol. The summed E-state index contributed by atoms with van der Waals surface area (Å²) >= 11 is 0. The van der Waals surface area contributed by atoms with E-state index in [-0.39, 0.29) is 12.0 Å². The standard InChI is InChI=1S/C14H25N3O2/c1-15-13-10-19-9-12(13)14(18)17-7-4-11(8-17)16-5-2-3-6-16/h11-13,15H,2-10H2,1H3. The first kappa shape index (κ1) is 13.3. The molecule has 0 bridgehead atoms. The average molecular weight is 267 g/mol. The normalized spacial score (nSPS) is 36.3. The van der Waals surface area contributed by atoms with Crippen molar-refractivity contribution in [1.29, 1.82) is 0 Å². The van der Waals surface area contributed by atoms with Crippen molar-refractivity contribution in [2.75, 3.05) is 46.4 Å². The Hall–Kier alpha value is -0.650. The SMILES string of the molecule is CNC1COCC1C(=O)N1CCC(N2CCCC2)C1. The molecule has 0 aliphatic carbocycles. The zero-order valence-corrected chi connectivity index (χ0v) is 11.8. The van der Waals surface area contributed by atoms with Crippen molar-refractivity contribution in [3.05, 3.63) is 0 Å². The minimum atomic E-state index is 0.0160. The Balaban J connectivity index is 1.56. The van der Waals surface area contributed by atoms with Crippen LogP contribution in [0.3, 0.4) is 0 Å². The van der Waals surface area contributed by atoms with E-state index in [1.165, 1.54) is 25.9 Å². The van der Waals surface area contributed by atoms with Gasteiger partial charge in [-0.3, -0.25) is 9.69 Å². The third-order valence-electron chi connectivity index (χ3n) is 4.90. The third-order valence-corrected chi connectivity index (χ3v) is 4.90. The molecule has 108 valence electrons. The molecule has 5 heteroatoms. The molecule has 0 aromatic heterocycles. The molecule has 1 amide bonds. The summed E-state index contributed by atoms with van der Waals surface area (Å²) in [5.74, 6) is 0.306. The maximum Gasteiger partial charge on any atom is 0.229 e. The Labute approximate surface area is 115 Å². The largest absolute Gasteiger partial charge is 0.379 e. The molecule has 0 aromatic rings. The van der Waals surface area contributed by atoms with Gasteiger partial charge in [-0.05, 0) is 39.4 Å². The molecule has 3 atom stereocenters. The van der Waals surface area contributed by atoms with Gasteiger partial charge in [-0.25, -0.2) is 0 Å². The van der Waals surface area contributed by atoms with Crippen molar-refractivity contribution < 1.29 is 9.53 Å². The summed E-state index contributed by atoms with van der Waals surface area (Å²) in [5, 5.41) is 3.20. The van der Waals surface area contributed by atoms with Crippen molar-refractivity contribution in [3.8, 4) is 0 Å². The molecule has 3 heterocycles. The lowest BCUT2D eigenvalue weighted by atomic mass is 10.0. The molecule has 3 fully saturated rings. The van der Waals surface area contributed by atoms with Gasteiger partial charge in [0.2, 0.25) is 5.91 Å². The molecular formula is C14H25N3O2. The van der Waals surface area contributed by atoms with Crippen molar-refractivity contribution in [2.24, 2.45) is 5.92 Å². The van der Waals surface area contributed by atoms with Crippen LogP contribution in [0.1, 0.15) is 19.3 Å². The number of ether oxygens (including phenoxy) is 1. The summed E-state index contributed by atoms with van der Waals surface area (Å²) in [7, 11) is 1.91. The van der Waals surface area contributed by atoms with Crippen molar-refractivity contribution >= 4 is 5.91 Å². The van der Waals surface area contributed by atoms with Crippen molar-refractivity contribution in [2.45, 2.75) is 31.3 Å². The molecule has 1 N–H and O–H groups in total. The molecule has 0 saturated carbocycles. The average Bonchev–Trinajstić information content (AvgIpc) is 3.16. The fourth-order valence-electron chi connectivity index (χ4n) is 3.66. The second kappa shape index (κ2) is 5.77. The lowest BCUT2D eigenvalue weighted by Gasteiger charge is -2.26. The Kier molecular flexibility index (Phi) is 4.05. The predicted molar refractivity (Wildman–Crippen MR) is 72.9 cm³/mol. The van der Waals surface area contributed by atoms with Crippen LogP contribution in [0.5, 0.6) is 0 Å². The second-order valence-corrected chi connectivity index (χ2v) is 6.01. The van der Waals surface area contributed by atoms with Gasteiger partial charge in [0.1, 0.15) is 0 Å². The van der Waals surface area contributed by atoms with Gasteiger partial charge < -0.3 is 15.0 Å². The van der Waals surface area contributed by atoms with Crippen LogP contribution in [-0.2, 0) is 9.53 Å². The molecule has 3 aliphatic rings. The van der Waals surface area contributed by atoms with Crippen LogP contribution < -0.4 is 5.32 Å². The quantitative estimate of drug-likeness (QED) is 0.777. The highest BCUT2D eigenvalue weighted by atomic mass is 16.5. The highest BCUT2D eigenvalue weighted by molar-refractivity contribution is 5.80. The number of nitrogens with one attached hydrogen (secondary N) is 1. The molecule has 3 aliphatic heterocycles. The van der Waals surface area contributed by atoms with E-state index in [2.05, 4.69) is 15.1 Å². The Morgan fingerprint density at radius 2 is 2.00 bits per heavy atom.